The molecule has 2 aromatic carbocycles. The largest absolute Gasteiger partial charge is 0.324 e. The lowest BCUT2D eigenvalue weighted by Crippen LogP contribution is -2.64. The lowest BCUT2D eigenvalue weighted by atomic mass is 9.62. The van der Waals surface area contributed by atoms with E-state index in [1.807, 2.05) is 63.2 Å². The maximum absolute atomic E-state index is 13.7. The molecule has 1 N–H and O–H groups in total. The molecule has 3 unspecified atom stereocenters. The van der Waals surface area contributed by atoms with Crippen molar-refractivity contribution in [2.45, 2.75) is 46.1 Å². The molecule has 0 spiro atoms. The Morgan fingerprint density at radius 3 is 2.39 bits per heavy atom. The first-order valence-electron chi connectivity index (χ1n) is 10.6. The average Bonchev–Trinajstić information content (AvgIpc) is 2.93. The number of fused-ring (bicyclic) bond motifs is 2. The fourth-order valence-electron chi connectivity index (χ4n) is 5.04. The van der Waals surface area contributed by atoms with Gasteiger partial charge in [0.2, 0.25) is 17.7 Å². The minimum atomic E-state index is -0.901. The topological polar surface area (TPSA) is 66.5 Å². The predicted molar refractivity (Wildman–Crippen MR) is 123 cm³/mol. The number of halogens is 1. The minimum Gasteiger partial charge on any atom is -0.324 e. The lowest BCUT2D eigenvalue weighted by Gasteiger charge is -2.49. The first kappa shape index (κ1) is 21.8. The van der Waals surface area contributed by atoms with Gasteiger partial charge in [-0.15, -0.1) is 0 Å². The molecule has 1 saturated carbocycles. The Hall–Kier alpha value is -2.47. The first-order chi connectivity index (χ1) is 14.6. The Bertz CT molecular complexity index is 1020. The first-order valence-corrected chi connectivity index (χ1v) is 11.4. The summed E-state index contributed by atoms with van der Waals surface area (Å²) in [6.45, 7) is 5.96. The highest BCUT2D eigenvalue weighted by Crippen LogP contribution is 2.60. The van der Waals surface area contributed by atoms with Gasteiger partial charge in [0.25, 0.3) is 0 Å². The van der Waals surface area contributed by atoms with Gasteiger partial charge < -0.3 is 5.32 Å². The molecular formula is C25H27BrN2O3. The third kappa shape index (κ3) is 3.61. The van der Waals surface area contributed by atoms with Gasteiger partial charge in [-0.1, -0.05) is 67.0 Å². The fourth-order valence-corrected chi connectivity index (χ4v) is 5.31. The predicted octanol–water partition coefficient (Wildman–Crippen LogP) is 4.81. The third-order valence-corrected chi connectivity index (χ3v) is 7.98. The van der Waals surface area contributed by atoms with Crippen LogP contribution in [0.5, 0.6) is 0 Å². The highest BCUT2D eigenvalue weighted by atomic mass is 79.9. The monoisotopic (exact) mass is 482 g/mol. The summed E-state index contributed by atoms with van der Waals surface area (Å²) in [7, 11) is 0. The smallest absolute Gasteiger partial charge is 0.248 e. The summed E-state index contributed by atoms with van der Waals surface area (Å²) in [6, 6.07) is 15.9. The zero-order valence-corrected chi connectivity index (χ0v) is 19.6. The average molecular weight is 483 g/mol. The SMILES string of the molecule is CC12CCC(C(=O)N(C(Cc3ccccc3)C(=O)Nc3ccc(Br)cc3)C1=O)C2(C)C. The van der Waals surface area contributed by atoms with Gasteiger partial charge in [0, 0.05) is 22.5 Å². The number of likely N-dealkylation sites (tertiary alicyclic amines) is 1. The zero-order chi connectivity index (χ0) is 22.4. The van der Waals surface area contributed by atoms with Crippen LogP contribution >= 0.6 is 15.9 Å². The van der Waals surface area contributed by atoms with Crippen LogP contribution in [0.4, 0.5) is 5.69 Å². The fraction of sp³-hybridized carbons (Fsp3) is 0.400. The number of benzene rings is 2. The molecule has 1 aliphatic carbocycles. The normalized spacial score (nSPS) is 25.4. The second-order valence-corrected chi connectivity index (χ2v) is 10.3. The van der Waals surface area contributed by atoms with Crippen LogP contribution in [0.1, 0.15) is 39.2 Å². The summed E-state index contributed by atoms with van der Waals surface area (Å²) >= 11 is 3.39. The van der Waals surface area contributed by atoms with Crippen LogP contribution in [0, 0.1) is 16.7 Å². The minimum absolute atomic E-state index is 0.225. The van der Waals surface area contributed by atoms with Crippen molar-refractivity contribution < 1.29 is 14.4 Å². The maximum atomic E-state index is 13.7. The van der Waals surface area contributed by atoms with Gasteiger partial charge >= 0.3 is 0 Å². The molecule has 1 heterocycles. The number of amides is 3. The van der Waals surface area contributed by atoms with Crippen molar-refractivity contribution in [1.29, 1.82) is 0 Å². The highest BCUT2D eigenvalue weighted by molar-refractivity contribution is 9.10. The number of hydrogen-bond acceptors (Lipinski definition) is 3. The molecule has 0 radical (unpaired) electrons. The van der Waals surface area contributed by atoms with Crippen molar-refractivity contribution in [1.82, 2.24) is 4.90 Å². The molecule has 2 aliphatic rings. The standard InChI is InChI=1S/C25H27BrN2O3/c1-24(2)19-13-14-25(24,3)23(31)28(22(19)30)20(15-16-7-5-4-6-8-16)21(29)27-18-11-9-17(26)10-12-18/h4-12,19-20H,13-15H2,1-3H3,(H,27,29). The van der Waals surface area contributed by atoms with Gasteiger partial charge in [-0.05, 0) is 48.1 Å². The molecule has 2 bridgehead atoms. The number of piperidine rings is 1. The number of imide groups is 1. The number of nitrogens with one attached hydrogen (secondary N) is 1. The van der Waals surface area contributed by atoms with E-state index in [1.54, 1.807) is 12.1 Å². The maximum Gasteiger partial charge on any atom is 0.248 e. The van der Waals surface area contributed by atoms with E-state index >= 15 is 0 Å². The van der Waals surface area contributed by atoms with Crippen molar-refractivity contribution in [3.8, 4) is 0 Å². The summed E-state index contributed by atoms with van der Waals surface area (Å²) in [5.41, 5.74) is 0.453. The van der Waals surface area contributed by atoms with Crippen molar-refractivity contribution in [2.75, 3.05) is 5.32 Å². The molecule has 3 amide bonds. The van der Waals surface area contributed by atoms with Gasteiger partial charge in [-0.2, -0.15) is 0 Å². The molecule has 162 valence electrons. The number of carbonyl (C=O) groups excluding carboxylic acids is 3. The number of rotatable bonds is 5. The Morgan fingerprint density at radius 2 is 1.74 bits per heavy atom. The molecule has 2 fully saturated rings. The zero-order valence-electron chi connectivity index (χ0n) is 18.0. The van der Waals surface area contributed by atoms with Crippen LogP contribution < -0.4 is 5.32 Å². The van der Waals surface area contributed by atoms with Gasteiger partial charge in [0.05, 0.1) is 5.41 Å². The highest BCUT2D eigenvalue weighted by Gasteiger charge is 2.65. The molecular weight excluding hydrogens is 456 g/mol. The molecule has 1 aliphatic heterocycles. The lowest BCUT2D eigenvalue weighted by molar-refractivity contribution is -0.172. The van der Waals surface area contributed by atoms with Crippen LogP contribution in [0.15, 0.2) is 59.1 Å². The van der Waals surface area contributed by atoms with Crippen molar-refractivity contribution in [2.24, 2.45) is 16.7 Å². The van der Waals surface area contributed by atoms with Crippen LogP contribution in [0.25, 0.3) is 0 Å². The van der Waals surface area contributed by atoms with E-state index in [0.29, 0.717) is 18.5 Å². The molecule has 5 nitrogen and oxygen atoms in total. The quantitative estimate of drug-likeness (QED) is 0.621. The Labute approximate surface area is 191 Å². The van der Waals surface area contributed by atoms with E-state index in [4.69, 9.17) is 0 Å². The van der Waals surface area contributed by atoms with E-state index in [-0.39, 0.29) is 30.1 Å². The van der Waals surface area contributed by atoms with Crippen LogP contribution in [0.3, 0.4) is 0 Å². The van der Waals surface area contributed by atoms with E-state index < -0.39 is 16.9 Å². The molecule has 4 rings (SSSR count). The van der Waals surface area contributed by atoms with E-state index in [0.717, 1.165) is 10.0 Å². The molecule has 0 aromatic heterocycles. The Kier molecular flexibility index (Phi) is 5.54. The number of nitrogens with zero attached hydrogens (tertiary/aromatic N) is 1. The number of anilines is 1. The van der Waals surface area contributed by atoms with Gasteiger partial charge in [0.15, 0.2) is 0 Å². The van der Waals surface area contributed by atoms with Gasteiger partial charge in [-0.3, -0.25) is 19.3 Å². The van der Waals surface area contributed by atoms with E-state index in [9.17, 15) is 14.4 Å². The summed E-state index contributed by atoms with van der Waals surface area (Å²) in [5.74, 6) is -1.07. The van der Waals surface area contributed by atoms with Crippen molar-refractivity contribution in [3.63, 3.8) is 0 Å². The number of hydrogen-bond donors (Lipinski definition) is 1. The van der Waals surface area contributed by atoms with Crippen LogP contribution in [-0.4, -0.2) is 28.7 Å². The summed E-state index contributed by atoms with van der Waals surface area (Å²) in [6.07, 6.45) is 1.62. The summed E-state index contributed by atoms with van der Waals surface area (Å²) < 4.78 is 0.902. The molecule has 3 atom stereocenters. The summed E-state index contributed by atoms with van der Waals surface area (Å²) in [4.78, 5) is 41.9. The molecule has 1 saturated heterocycles. The van der Waals surface area contributed by atoms with E-state index in [2.05, 4.69) is 21.2 Å². The molecule has 2 aromatic rings. The van der Waals surface area contributed by atoms with Crippen molar-refractivity contribution in [3.05, 3.63) is 64.6 Å². The molecule has 31 heavy (non-hydrogen) atoms. The summed E-state index contributed by atoms with van der Waals surface area (Å²) in [5, 5.41) is 2.91. The number of carbonyl (C=O) groups is 3. The van der Waals surface area contributed by atoms with Crippen LogP contribution in [0.2, 0.25) is 0 Å². The third-order valence-electron chi connectivity index (χ3n) is 7.45. The van der Waals surface area contributed by atoms with Crippen molar-refractivity contribution >= 4 is 39.3 Å². The van der Waals surface area contributed by atoms with Gasteiger partial charge in [0.1, 0.15) is 6.04 Å². The van der Waals surface area contributed by atoms with Gasteiger partial charge in [-0.25, -0.2) is 0 Å². The second kappa shape index (κ2) is 7.90. The Morgan fingerprint density at radius 1 is 1.10 bits per heavy atom. The second-order valence-electron chi connectivity index (χ2n) is 9.36. The van der Waals surface area contributed by atoms with Crippen LogP contribution in [-0.2, 0) is 20.8 Å². The molecule has 6 heteroatoms. The Balaban J connectivity index is 1.70. The van der Waals surface area contributed by atoms with E-state index in [1.165, 1.54) is 4.90 Å².